The lowest BCUT2D eigenvalue weighted by atomic mass is 10.1. The molecule has 0 saturated carbocycles. The van der Waals surface area contributed by atoms with Gasteiger partial charge in [-0.05, 0) is 17.7 Å². The summed E-state index contributed by atoms with van der Waals surface area (Å²) in [5, 5.41) is 7.00. The molecule has 0 radical (unpaired) electrons. The summed E-state index contributed by atoms with van der Waals surface area (Å²) in [5.74, 6) is 0.858. The molecule has 0 spiro atoms. The first-order chi connectivity index (χ1) is 9.74. The van der Waals surface area contributed by atoms with Crippen molar-refractivity contribution in [2.75, 3.05) is 0 Å². The second-order valence-electron chi connectivity index (χ2n) is 4.44. The third-order valence-electron chi connectivity index (χ3n) is 3.06. The van der Waals surface area contributed by atoms with Gasteiger partial charge in [-0.3, -0.25) is 5.10 Å². The lowest BCUT2D eigenvalue weighted by Gasteiger charge is -2.07. The van der Waals surface area contributed by atoms with Crippen molar-refractivity contribution in [1.82, 2.24) is 15.2 Å². The first-order valence-electron chi connectivity index (χ1n) is 6.23. The van der Waals surface area contributed by atoms with Crippen LogP contribution in [0.1, 0.15) is 17.4 Å². The third kappa shape index (κ3) is 2.44. The van der Waals surface area contributed by atoms with Crippen LogP contribution in [-0.2, 0) is 0 Å². The van der Waals surface area contributed by atoms with Gasteiger partial charge >= 0.3 is 0 Å². The van der Waals surface area contributed by atoms with Crippen LogP contribution in [0.2, 0.25) is 0 Å². The molecule has 0 fully saturated rings. The highest BCUT2D eigenvalue weighted by atomic mass is 19.1. The summed E-state index contributed by atoms with van der Waals surface area (Å²) in [6, 6.07) is 15.2. The van der Waals surface area contributed by atoms with Crippen molar-refractivity contribution in [3.8, 4) is 11.4 Å². The monoisotopic (exact) mass is 268 g/mol. The summed E-state index contributed by atoms with van der Waals surface area (Å²) in [6.07, 6.45) is 0. The van der Waals surface area contributed by atoms with Gasteiger partial charge in [0.15, 0.2) is 5.82 Å². The molecule has 3 rings (SSSR count). The van der Waals surface area contributed by atoms with Gasteiger partial charge in [0.2, 0.25) is 0 Å². The highest BCUT2D eigenvalue weighted by Crippen LogP contribution is 2.20. The van der Waals surface area contributed by atoms with Gasteiger partial charge in [-0.15, -0.1) is 0 Å². The molecule has 0 amide bonds. The van der Waals surface area contributed by atoms with Crippen LogP contribution in [0.15, 0.2) is 54.6 Å². The van der Waals surface area contributed by atoms with Crippen LogP contribution in [0.25, 0.3) is 11.4 Å². The lowest BCUT2D eigenvalue weighted by molar-refractivity contribution is 0.626. The topological polar surface area (TPSA) is 67.6 Å². The van der Waals surface area contributed by atoms with Gasteiger partial charge in [0.05, 0.1) is 6.04 Å². The third-order valence-corrected chi connectivity index (χ3v) is 3.06. The van der Waals surface area contributed by atoms with Crippen LogP contribution < -0.4 is 5.73 Å². The van der Waals surface area contributed by atoms with E-state index in [1.807, 2.05) is 30.3 Å². The Kier molecular flexibility index (Phi) is 3.26. The van der Waals surface area contributed by atoms with E-state index in [1.165, 1.54) is 12.1 Å². The van der Waals surface area contributed by atoms with Crippen LogP contribution in [0.4, 0.5) is 4.39 Å². The van der Waals surface area contributed by atoms with Gasteiger partial charge in [-0.25, -0.2) is 9.37 Å². The van der Waals surface area contributed by atoms with Gasteiger partial charge < -0.3 is 5.73 Å². The maximum atomic E-state index is 12.9. The van der Waals surface area contributed by atoms with Crippen molar-refractivity contribution in [3.63, 3.8) is 0 Å². The van der Waals surface area contributed by atoms with Crippen LogP contribution in [-0.4, -0.2) is 15.2 Å². The zero-order valence-electron chi connectivity index (χ0n) is 10.6. The molecule has 1 aromatic heterocycles. The number of nitrogens with one attached hydrogen (secondary N) is 1. The molecule has 0 aliphatic carbocycles. The molecule has 1 unspecified atom stereocenters. The Morgan fingerprint density at radius 1 is 1.00 bits per heavy atom. The fourth-order valence-corrected chi connectivity index (χ4v) is 1.96. The molecule has 1 heterocycles. The SMILES string of the molecule is NC(c1ccc(F)cc1)c1nc(-c2ccccc2)n[nH]1. The van der Waals surface area contributed by atoms with Crippen molar-refractivity contribution in [1.29, 1.82) is 0 Å². The number of hydrogen-bond donors (Lipinski definition) is 2. The Morgan fingerprint density at radius 2 is 1.70 bits per heavy atom. The molecule has 1 atom stereocenters. The number of hydrogen-bond acceptors (Lipinski definition) is 3. The molecular weight excluding hydrogens is 255 g/mol. The molecule has 0 saturated heterocycles. The number of nitrogens with zero attached hydrogens (tertiary/aromatic N) is 2. The molecule has 20 heavy (non-hydrogen) atoms. The fourth-order valence-electron chi connectivity index (χ4n) is 1.96. The second-order valence-corrected chi connectivity index (χ2v) is 4.44. The lowest BCUT2D eigenvalue weighted by Crippen LogP contribution is -2.13. The molecule has 5 heteroatoms. The number of aromatic amines is 1. The van der Waals surface area contributed by atoms with E-state index in [4.69, 9.17) is 5.73 Å². The van der Waals surface area contributed by atoms with E-state index in [9.17, 15) is 4.39 Å². The largest absolute Gasteiger partial charge is 0.318 e. The Labute approximate surface area is 115 Å². The average Bonchev–Trinajstić information content (AvgIpc) is 2.98. The second kappa shape index (κ2) is 5.22. The van der Waals surface area contributed by atoms with Crippen LogP contribution in [0, 0.1) is 5.82 Å². The summed E-state index contributed by atoms with van der Waals surface area (Å²) in [7, 11) is 0. The van der Waals surface area contributed by atoms with Crippen molar-refractivity contribution in [2.45, 2.75) is 6.04 Å². The molecular formula is C15H13FN4. The fraction of sp³-hybridized carbons (Fsp3) is 0.0667. The summed E-state index contributed by atoms with van der Waals surface area (Å²) >= 11 is 0. The molecule has 3 N–H and O–H groups in total. The van der Waals surface area contributed by atoms with E-state index >= 15 is 0 Å². The molecule has 2 aromatic carbocycles. The molecule has 0 aliphatic heterocycles. The number of rotatable bonds is 3. The van der Waals surface area contributed by atoms with E-state index in [1.54, 1.807) is 12.1 Å². The van der Waals surface area contributed by atoms with Crippen molar-refractivity contribution < 1.29 is 4.39 Å². The summed E-state index contributed by atoms with van der Waals surface area (Å²) in [6.45, 7) is 0. The predicted molar refractivity (Wildman–Crippen MR) is 74.2 cm³/mol. The van der Waals surface area contributed by atoms with Crippen LogP contribution in [0.5, 0.6) is 0 Å². The van der Waals surface area contributed by atoms with Gasteiger partial charge in [-0.2, -0.15) is 5.10 Å². The standard InChI is InChI=1S/C15H13FN4/c16-12-8-6-10(7-9-12)13(17)15-18-14(19-20-15)11-4-2-1-3-5-11/h1-9,13H,17H2,(H,18,19,20). The number of benzene rings is 2. The number of halogens is 1. The van der Waals surface area contributed by atoms with Crippen molar-refractivity contribution in [3.05, 3.63) is 71.8 Å². The summed E-state index contributed by atoms with van der Waals surface area (Å²) in [5.41, 5.74) is 7.80. The van der Waals surface area contributed by atoms with E-state index in [0.29, 0.717) is 11.6 Å². The normalized spacial score (nSPS) is 12.3. The maximum absolute atomic E-state index is 12.9. The zero-order chi connectivity index (χ0) is 13.9. The number of nitrogens with two attached hydrogens (primary N) is 1. The van der Waals surface area contributed by atoms with Gasteiger partial charge in [0.1, 0.15) is 11.6 Å². The van der Waals surface area contributed by atoms with Crippen molar-refractivity contribution >= 4 is 0 Å². The first-order valence-corrected chi connectivity index (χ1v) is 6.23. The minimum absolute atomic E-state index is 0.288. The van der Waals surface area contributed by atoms with E-state index in [2.05, 4.69) is 15.2 Å². The maximum Gasteiger partial charge on any atom is 0.181 e. The highest BCUT2D eigenvalue weighted by molar-refractivity contribution is 5.54. The summed E-state index contributed by atoms with van der Waals surface area (Å²) in [4.78, 5) is 4.39. The molecule has 0 aliphatic rings. The Morgan fingerprint density at radius 3 is 2.40 bits per heavy atom. The molecule has 100 valence electrons. The van der Waals surface area contributed by atoms with Gasteiger partial charge in [0, 0.05) is 5.56 Å². The smallest absolute Gasteiger partial charge is 0.181 e. The minimum atomic E-state index is -0.458. The molecule has 3 aromatic rings. The molecule has 4 nitrogen and oxygen atoms in total. The quantitative estimate of drug-likeness (QED) is 0.767. The zero-order valence-corrected chi connectivity index (χ0v) is 10.6. The van der Waals surface area contributed by atoms with Gasteiger partial charge in [-0.1, -0.05) is 42.5 Å². The van der Waals surface area contributed by atoms with Crippen LogP contribution >= 0.6 is 0 Å². The number of H-pyrrole nitrogens is 1. The highest BCUT2D eigenvalue weighted by Gasteiger charge is 2.14. The van der Waals surface area contributed by atoms with E-state index in [-0.39, 0.29) is 5.82 Å². The van der Waals surface area contributed by atoms with Crippen LogP contribution in [0.3, 0.4) is 0 Å². The summed E-state index contributed by atoms with van der Waals surface area (Å²) < 4.78 is 12.9. The van der Waals surface area contributed by atoms with E-state index < -0.39 is 6.04 Å². The van der Waals surface area contributed by atoms with Gasteiger partial charge in [0.25, 0.3) is 0 Å². The minimum Gasteiger partial charge on any atom is -0.318 e. The Balaban J connectivity index is 1.88. The average molecular weight is 268 g/mol. The number of aromatic nitrogens is 3. The van der Waals surface area contributed by atoms with E-state index in [0.717, 1.165) is 11.1 Å². The predicted octanol–water partition coefficient (Wildman–Crippen LogP) is 2.66. The first kappa shape index (κ1) is 12.5. The van der Waals surface area contributed by atoms with Crippen molar-refractivity contribution in [2.24, 2.45) is 5.73 Å². The Bertz CT molecular complexity index is 691. The Hall–Kier alpha value is -2.53. The molecule has 0 bridgehead atoms.